The zero-order chi connectivity index (χ0) is 33.9. The first-order valence-corrected chi connectivity index (χ1v) is 16.7. The van der Waals surface area contributed by atoms with Gasteiger partial charge in [-0.2, -0.15) is 0 Å². The van der Waals surface area contributed by atoms with Crippen molar-refractivity contribution in [3.63, 3.8) is 0 Å². The number of fused-ring (bicyclic) bond motifs is 1. The van der Waals surface area contributed by atoms with Crippen molar-refractivity contribution < 1.29 is 23.8 Å². The molecule has 4 aromatic rings. The van der Waals surface area contributed by atoms with Crippen molar-refractivity contribution in [2.45, 2.75) is 51.4 Å². The number of methoxy groups -OCH3 is 2. The third kappa shape index (κ3) is 7.13. The van der Waals surface area contributed by atoms with E-state index < -0.39 is 11.9 Å². The lowest BCUT2D eigenvalue weighted by Crippen LogP contribution is -2.35. The highest BCUT2D eigenvalue weighted by atomic mass is 35.5. The van der Waals surface area contributed by atoms with Gasteiger partial charge >= 0.3 is 0 Å². The second-order valence-corrected chi connectivity index (χ2v) is 13.0. The van der Waals surface area contributed by atoms with Gasteiger partial charge in [0.25, 0.3) is 0 Å². The van der Waals surface area contributed by atoms with E-state index in [1.807, 2.05) is 18.2 Å². The molecule has 0 radical (unpaired) electrons. The first kappa shape index (κ1) is 34.1. The van der Waals surface area contributed by atoms with Crippen molar-refractivity contribution in [3.05, 3.63) is 81.2 Å². The van der Waals surface area contributed by atoms with E-state index in [-0.39, 0.29) is 29.9 Å². The number of benzene rings is 2. The topological polar surface area (TPSA) is 109 Å². The van der Waals surface area contributed by atoms with Crippen molar-refractivity contribution >= 4 is 29.1 Å². The summed E-state index contributed by atoms with van der Waals surface area (Å²) in [7, 11) is 3.10. The van der Waals surface area contributed by atoms with E-state index in [1.165, 1.54) is 13.2 Å². The Labute approximate surface area is 289 Å². The Morgan fingerprint density at radius 3 is 2.62 bits per heavy atom. The Balaban J connectivity index is 1.29. The predicted molar refractivity (Wildman–Crippen MR) is 185 cm³/mol. The summed E-state index contributed by atoms with van der Waals surface area (Å²) in [5.74, 6) is 0.433. The molecular weight excluding hydrogens is 656 g/mol. The third-order valence-corrected chi connectivity index (χ3v) is 9.64. The Bertz CT molecular complexity index is 1820. The fraction of sp³-hybridized carbons (Fsp3) is 0.361. The van der Waals surface area contributed by atoms with Crippen LogP contribution in [0.3, 0.4) is 0 Å². The van der Waals surface area contributed by atoms with Gasteiger partial charge in [-0.25, -0.2) is 9.37 Å². The molecule has 2 aliphatic heterocycles. The monoisotopic (exact) mass is 693 g/mol. The summed E-state index contributed by atoms with van der Waals surface area (Å²) in [5.41, 5.74) is 6.09. The highest BCUT2D eigenvalue weighted by Crippen LogP contribution is 2.43. The predicted octanol–water partition coefficient (Wildman–Crippen LogP) is 6.05. The second-order valence-electron chi connectivity index (χ2n) is 12.2. The average molecular weight is 695 g/mol. The van der Waals surface area contributed by atoms with Gasteiger partial charge in [-0.3, -0.25) is 14.7 Å². The third-order valence-electron chi connectivity index (χ3n) is 8.85. The molecule has 0 bridgehead atoms. The number of rotatable bonds is 11. The number of amides is 1. The molecule has 1 amide bonds. The Kier molecular flexibility index (Phi) is 10.5. The van der Waals surface area contributed by atoms with Gasteiger partial charge in [-0.05, 0) is 43.5 Å². The molecule has 48 heavy (non-hydrogen) atoms. The minimum Gasteiger partial charge on any atom is -0.496 e. The number of aliphatic hydroxyl groups excluding tert-OH is 1. The molecule has 12 heteroatoms. The van der Waals surface area contributed by atoms with E-state index in [9.17, 15) is 9.90 Å². The number of hydrogen-bond donors (Lipinski definition) is 3. The lowest BCUT2D eigenvalue weighted by atomic mass is 9.93. The zero-order valence-electron chi connectivity index (χ0n) is 27.1. The van der Waals surface area contributed by atoms with Crippen LogP contribution < -0.4 is 20.1 Å². The van der Waals surface area contributed by atoms with Gasteiger partial charge in [-0.1, -0.05) is 41.4 Å². The van der Waals surface area contributed by atoms with Gasteiger partial charge in [0.2, 0.25) is 11.8 Å². The molecule has 0 saturated carbocycles. The highest BCUT2D eigenvalue weighted by Gasteiger charge is 2.25. The van der Waals surface area contributed by atoms with E-state index >= 15 is 4.39 Å². The number of halogens is 3. The van der Waals surface area contributed by atoms with Gasteiger partial charge in [0.05, 0.1) is 47.3 Å². The molecule has 9 nitrogen and oxygen atoms in total. The summed E-state index contributed by atoms with van der Waals surface area (Å²) in [6, 6.07) is 12.7. The molecule has 2 atom stereocenters. The molecule has 1 saturated heterocycles. The Hall–Kier alpha value is -3.80. The molecular formula is C36H38Cl2FN5O4. The molecule has 0 spiro atoms. The van der Waals surface area contributed by atoms with Crippen molar-refractivity contribution in [1.82, 2.24) is 25.5 Å². The Morgan fingerprint density at radius 2 is 1.90 bits per heavy atom. The minimum atomic E-state index is -0.485. The average Bonchev–Trinajstić information content (AvgIpc) is 3.49. The smallest absolute Gasteiger partial charge is 0.221 e. The van der Waals surface area contributed by atoms with Crippen LogP contribution in [0.15, 0.2) is 48.7 Å². The number of β-amino-alcohol motifs (C(OH)–C–C–N with tert-alkyl or cyclic N) is 1. The number of carbonyl (C=O) groups is 1. The van der Waals surface area contributed by atoms with Gasteiger partial charge in [0.1, 0.15) is 11.6 Å². The largest absolute Gasteiger partial charge is 0.496 e. The summed E-state index contributed by atoms with van der Waals surface area (Å²) in [6.07, 6.45) is 3.32. The van der Waals surface area contributed by atoms with Gasteiger partial charge in [-0.15, -0.1) is 0 Å². The number of aliphatic hydroxyl groups is 1. The second kappa shape index (κ2) is 14.8. The number of nitrogens with zero attached hydrogens (tertiary/aromatic N) is 3. The van der Waals surface area contributed by atoms with Crippen LogP contribution in [0.4, 0.5) is 4.39 Å². The molecule has 4 heterocycles. The van der Waals surface area contributed by atoms with Crippen LogP contribution >= 0.6 is 23.2 Å². The number of pyridine rings is 2. The van der Waals surface area contributed by atoms with E-state index in [4.69, 9.17) is 32.7 Å². The van der Waals surface area contributed by atoms with E-state index in [2.05, 4.69) is 31.6 Å². The van der Waals surface area contributed by atoms with Crippen LogP contribution in [0.5, 0.6) is 11.6 Å². The first-order chi connectivity index (χ1) is 23.2. The fourth-order valence-corrected chi connectivity index (χ4v) is 7.16. The zero-order valence-corrected chi connectivity index (χ0v) is 28.6. The normalized spacial score (nSPS) is 16.8. The van der Waals surface area contributed by atoms with Crippen molar-refractivity contribution in [2.24, 2.45) is 0 Å². The maximum Gasteiger partial charge on any atom is 0.221 e. The van der Waals surface area contributed by atoms with Crippen LogP contribution in [-0.4, -0.2) is 71.9 Å². The van der Waals surface area contributed by atoms with Crippen molar-refractivity contribution in [1.29, 1.82) is 0 Å². The lowest BCUT2D eigenvalue weighted by Gasteiger charge is -2.31. The molecule has 1 fully saturated rings. The van der Waals surface area contributed by atoms with Crippen molar-refractivity contribution in [2.75, 3.05) is 33.9 Å². The van der Waals surface area contributed by atoms with Crippen LogP contribution in [0.25, 0.3) is 33.6 Å². The molecule has 3 N–H and O–H groups in total. The van der Waals surface area contributed by atoms with Crippen LogP contribution in [0.1, 0.15) is 36.5 Å². The molecule has 2 aromatic heterocycles. The van der Waals surface area contributed by atoms with Crippen LogP contribution in [-0.2, 0) is 24.3 Å². The van der Waals surface area contributed by atoms with Gasteiger partial charge in [0, 0.05) is 85.3 Å². The summed E-state index contributed by atoms with van der Waals surface area (Å²) in [5, 5.41) is 16.8. The van der Waals surface area contributed by atoms with Crippen LogP contribution in [0, 0.1) is 5.82 Å². The maximum atomic E-state index is 15.5. The van der Waals surface area contributed by atoms with Crippen LogP contribution in [0.2, 0.25) is 10.0 Å². The molecule has 2 aromatic carbocycles. The first-order valence-electron chi connectivity index (χ1n) is 15.9. The molecule has 2 aliphatic rings. The lowest BCUT2D eigenvalue weighted by molar-refractivity contribution is -0.119. The fourth-order valence-electron chi connectivity index (χ4n) is 6.51. The molecule has 1 unspecified atom stereocenters. The number of aromatic nitrogens is 2. The summed E-state index contributed by atoms with van der Waals surface area (Å²) < 4.78 is 26.8. The SMILES string of the molecule is COc1cc(-c2nccc(-c3cccc(-c4cc(F)c(CNC[C@@H]5CCC(=O)N5)c(OC)n4)c3Cl)c2Cl)cc2c1CN(CC(C)O)CC2. The Morgan fingerprint density at radius 1 is 1.10 bits per heavy atom. The molecule has 6 rings (SSSR count). The van der Waals surface area contributed by atoms with E-state index in [1.54, 1.807) is 32.4 Å². The summed E-state index contributed by atoms with van der Waals surface area (Å²) in [4.78, 5) is 23.0. The number of ether oxygens (including phenoxy) is 2. The van der Waals surface area contributed by atoms with E-state index in [0.29, 0.717) is 64.2 Å². The summed E-state index contributed by atoms with van der Waals surface area (Å²) >= 11 is 14.1. The van der Waals surface area contributed by atoms with Gasteiger partial charge in [0.15, 0.2) is 0 Å². The quantitative estimate of drug-likeness (QED) is 0.174. The maximum absolute atomic E-state index is 15.5. The number of nitrogens with one attached hydrogen (secondary N) is 2. The van der Waals surface area contributed by atoms with E-state index in [0.717, 1.165) is 41.8 Å². The molecule has 252 valence electrons. The minimum absolute atomic E-state index is 0.0162. The van der Waals surface area contributed by atoms with Crippen molar-refractivity contribution in [3.8, 4) is 45.3 Å². The number of carbonyl (C=O) groups excluding carboxylic acids is 1. The standard InChI is InChI=1S/C36H38Cl2FN5O4/c1-20(45)18-44-12-10-21-13-22(14-31(47-2)28(21)19-44)35-34(38)25(9-11-41-35)24-5-4-6-26(33(24)37)30-15-29(39)27(36(43-30)48-3)17-40-16-23-7-8-32(46)42-23/h4-6,9,11,13-15,20,23,40,45H,7-8,10,12,16-19H2,1-3H3,(H,42,46)/t20?,23-/m0/s1. The summed E-state index contributed by atoms with van der Waals surface area (Å²) in [6.45, 7) is 4.60. The number of hydrogen-bond acceptors (Lipinski definition) is 8. The molecule has 0 aliphatic carbocycles. The highest BCUT2D eigenvalue weighted by molar-refractivity contribution is 6.39. The van der Waals surface area contributed by atoms with Gasteiger partial charge < -0.3 is 25.2 Å².